The summed E-state index contributed by atoms with van der Waals surface area (Å²) < 4.78 is 0. The standard InChI is InChI=1S/C25H23N3O2S/c1-17-10-9-15-21(18(17)2)27-23(29)16-22-24(30)28(20-13-7-4-8-14-20)25(31-22)26-19-11-5-3-6-12-19/h3-15,22H,16H2,1-2H3,(H,27,29)/t22-/m0/s1. The summed E-state index contributed by atoms with van der Waals surface area (Å²) in [5, 5.41) is 3.00. The highest BCUT2D eigenvalue weighted by Crippen LogP contribution is 2.35. The quantitative estimate of drug-likeness (QED) is 0.585. The number of aryl methyl sites for hydroxylation is 1. The maximum Gasteiger partial charge on any atom is 0.247 e. The van der Waals surface area contributed by atoms with Crippen molar-refractivity contribution in [2.45, 2.75) is 25.5 Å². The number of hydrogen-bond acceptors (Lipinski definition) is 4. The summed E-state index contributed by atoms with van der Waals surface area (Å²) in [5.41, 5.74) is 4.42. The molecule has 4 rings (SSSR count). The van der Waals surface area contributed by atoms with Gasteiger partial charge in [-0.25, -0.2) is 4.99 Å². The molecule has 156 valence electrons. The van der Waals surface area contributed by atoms with E-state index in [4.69, 9.17) is 0 Å². The molecule has 31 heavy (non-hydrogen) atoms. The van der Waals surface area contributed by atoms with E-state index >= 15 is 0 Å². The maximum absolute atomic E-state index is 13.3. The minimum absolute atomic E-state index is 0.0774. The number of amidine groups is 1. The van der Waals surface area contributed by atoms with Crippen molar-refractivity contribution in [1.29, 1.82) is 0 Å². The van der Waals surface area contributed by atoms with Gasteiger partial charge in [0, 0.05) is 12.1 Å². The number of amides is 2. The van der Waals surface area contributed by atoms with E-state index in [1.165, 1.54) is 11.8 Å². The van der Waals surface area contributed by atoms with Gasteiger partial charge in [0.15, 0.2) is 5.17 Å². The molecule has 2 amide bonds. The first-order valence-corrected chi connectivity index (χ1v) is 11.0. The normalized spacial score (nSPS) is 17.2. The average Bonchev–Trinajstić information content (AvgIpc) is 3.07. The molecular formula is C25H23N3O2S. The zero-order valence-electron chi connectivity index (χ0n) is 17.4. The molecule has 0 spiro atoms. The first-order valence-electron chi connectivity index (χ1n) is 10.1. The Morgan fingerprint density at radius 2 is 1.65 bits per heavy atom. The monoisotopic (exact) mass is 429 g/mol. The molecule has 1 saturated heterocycles. The number of thioether (sulfide) groups is 1. The highest BCUT2D eigenvalue weighted by molar-refractivity contribution is 8.16. The van der Waals surface area contributed by atoms with Crippen molar-refractivity contribution in [3.8, 4) is 0 Å². The van der Waals surface area contributed by atoms with E-state index in [0.717, 1.165) is 28.2 Å². The third-order valence-electron chi connectivity index (χ3n) is 5.18. The lowest BCUT2D eigenvalue weighted by atomic mass is 10.1. The van der Waals surface area contributed by atoms with Gasteiger partial charge in [0.1, 0.15) is 5.25 Å². The van der Waals surface area contributed by atoms with Gasteiger partial charge in [-0.3, -0.25) is 14.5 Å². The Kier molecular flexibility index (Phi) is 6.18. The molecule has 0 unspecified atom stereocenters. The van der Waals surface area contributed by atoms with E-state index in [0.29, 0.717) is 5.17 Å². The van der Waals surface area contributed by atoms with E-state index in [1.54, 1.807) is 4.90 Å². The van der Waals surface area contributed by atoms with Crippen molar-refractivity contribution in [1.82, 2.24) is 0 Å². The largest absolute Gasteiger partial charge is 0.326 e. The van der Waals surface area contributed by atoms with E-state index in [-0.39, 0.29) is 18.2 Å². The minimum Gasteiger partial charge on any atom is -0.326 e. The molecule has 0 aromatic heterocycles. The highest BCUT2D eigenvalue weighted by atomic mass is 32.2. The topological polar surface area (TPSA) is 61.8 Å². The summed E-state index contributed by atoms with van der Waals surface area (Å²) in [4.78, 5) is 32.3. The Hall–Kier alpha value is -3.38. The first-order chi connectivity index (χ1) is 15.0. The predicted octanol–water partition coefficient (Wildman–Crippen LogP) is 5.47. The van der Waals surface area contributed by atoms with Crippen molar-refractivity contribution in [3.63, 3.8) is 0 Å². The Balaban J connectivity index is 1.57. The summed E-state index contributed by atoms with van der Waals surface area (Å²) >= 11 is 1.33. The molecule has 0 aliphatic carbocycles. The number of carbonyl (C=O) groups is 2. The summed E-state index contributed by atoms with van der Waals surface area (Å²) in [7, 11) is 0. The van der Waals surface area contributed by atoms with Crippen LogP contribution in [-0.4, -0.2) is 22.2 Å². The highest BCUT2D eigenvalue weighted by Gasteiger charge is 2.40. The molecule has 3 aromatic carbocycles. The number of carbonyl (C=O) groups excluding carboxylic acids is 2. The summed E-state index contributed by atoms with van der Waals surface area (Å²) in [5.74, 6) is -0.324. The van der Waals surface area contributed by atoms with Crippen LogP contribution < -0.4 is 10.2 Å². The molecule has 3 aromatic rings. The number of nitrogens with one attached hydrogen (secondary N) is 1. The van der Waals surface area contributed by atoms with Gasteiger partial charge in [-0.15, -0.1) is 0 Å². The van der Waals surface area contributed by atoms with E-state index in [2.05, 4.69) is 10.3 Å². The molecule has 1 aliphatic heterocycles. The van der Waals surface area contributed by atoms with E-state index < -0.39 is 5.25 Å². The zero-order valence-corrected chi connectivity index (χ0v) is 18.2. The number of anilines is 2. The molecule has 1 atom stereocenters. The number of nitrogens with zero attached hydrogens (tertiary/aromatic N) is 2. The Labute approximate surface area is 186 Å². The third-order valence-corrected chi connectivity index (χ3v) is 6.32. The van der Waals surface area contributed by atoms with Gasteiger partial charge in [0.2, 0.25) is 11.8 Å². The van der Waals surface area contributed by atoms with Crippen LogP contribution in [0.5, 0.6) is 0 Å². The van der Waals surface area contributed by atoms with Crippen LogP contribution in [0.4, 0.5) is 17.1 Å². The molecule has 0 bridgehead atoms. The van der Waals surface area contributed by atoms with Crippen LogP contribution in [0.25, 0.3) is 0 Å². The Morgan fingerprint density at radius 1 is 0.968 bits per heavy atom. The third kappa shape index (κ3) is 4.70. The maximum atomic E-state index is 13.3. The Bertz CT molecular complexity index is 1130. The number of rotatable bonds is 5. The van der Waals surface area contributed by atoms with E-state index in [1.807, 2.05) is 92.7 Å². The summed E-state index contributed by atoms with van der Waals surface area (Å²) in [6.07, 6.45) is 0.0774. The number of hydrogen-bond donors (Lipinski definition) is 1. The van der Waals surface area contributed by atoms with Crippen LogP contribution in [0, 0.1) is 13.8 Å². The number of para-hydroxylation sites is 2. The predicted molar refractivity (Wildman–Crippen MR) is 128 cm³/mol. The van der Waals surface area contributed by atoms with Crippen molar-refractivity contribution in [2.75, 3.05) is 10.2 Å². The summed E-state index contributed by atoms with van der Waals surface area (Å²) in [6.45, 7) is 3.98. The fourth-order valence-electron chi connectivity index (χ4n) is 3.36. The number of benzene rings is 3. The van der Waals surface area contributed by atoms with Crippen molar-refractivity contribution in [2.24, 2.45) is 4.99 Å². The lowest BCUT2D eigenvalue weighted by molar-refractivity contribution is -0.121. The van der Waals surface area contributed by atoms with Gasteiger partial charge in [-0.2, -0.15) is 0 Å². The van der Waals surface area contributed by atoms with Crippen LogP contribution in [0.15, 0.2) is 83.9 Å². The molecular weight excluding hydrogens is 406 g/mol. The number of aliphatic imine (C=N–C) groups is 1. The second kappa shape index (κ2) is 9.18. The van der Waals surface area contributed by atoms with Crippen LogP contribution in [0.1, 0.15) is 17.5 Å². The molecule has 1 aliphatic rings. The van der Waals surface area contributed by atoms with Crippen LogP contribution in [0.3, 0.4) is 0 Å². The molecule has 1 fully saturated rings. The van der Waals surface area contributed by atoms with Gasteiger partial charge >= 0.3 is 0 Å². The van der Waals surface area contributed by atoms with E-state index in [9.17, 15) is 9.59 Å². The average molecular weight is 430 g/mol. The lowest BCUT2D eigenvalue weighted by Crippen LogP contribution is -2.33. The SMILES string of the molecule is Cc1cccc(NC(=O)C[C@@H]2SC(=Nc3ccccc3)N(c3ccccc3)C2=O)c1C. The molecule has 6 heteroatoms. The second-order valence-electron chi connectivity index (χ2n) is 7.35. The zero-order chi connectivity index (χ0) is 21.8. The molecule has 0 saturated carbocycles. The van der Waals surface area contributed by atoms with Crippen LogP contribution in [0.2, 0.25) is 0 Å². The Morgan fingerprint density at radius 3 is 2.35 bits per heavy atom. The molecule has 5 nitrogen and oxygen atoms in total. The fourth-order valence-corrected chi connectivity index (χ4v) is 4.51. The second-order valence-corrected chi connectivity index (χ2v) is 8.52. The van der Waals surface area contributed by atoms with Gasteiger partial charge in [0.25, 0.3) is 0 Å². The van der Waals surface area contributed by atoms with Crippen molar-refractivity contribution < 1.29 is 9.59 Å². The lowest BCUT2D eigenvalue weighted by Gasteiger charge is -2.16. The molecule has 0 radical (unpaired) electrons. The van der Waals surface area contributed by atoms with Gasteiger partial charge in [0.05, 0.1) is 11.4 Å². The van der Waals surface area contributed by atoms with Crippen LogP contribution >= 0.6 is 11.8 Å². The minimum atomic E-state index is -0.534. The first kappa shape index (κ1) is 20.9. The molecule has 1 N–H and O–H groups in total. The smallest absolute Gasteiger partial charge is 0.247 e. The van der Waals surface area contributed by atoms with Crippen LogP contribution in [-0.2, 0) is 9.59 Å². The fraction of sp³-hybridized carbons (Fsp3) is 0.160. The van der Waals surface area contributed by atoms with Gasteiger partial charge in [-0.05, 0) is 55.3 Å². The molecule has 1 heterocycles. The van der Waals surface area contributed by atoms with Gasteiger partial charge < -0.3 is 5.32 Å². The van der Waals surface area contributed by atoms with Gasteiger partial charge in [-0.1, -0.05) is 60.3 Å². The van der Waals surface area contributed by atoms with Crippen molar-refractivity contribution in [3.05, 3.63) is 90.0 Å². The van der Waals surface area contributed by atoms with Crippen molar-refractivity contribution >= 4 is 45.8 Å². The summed E-state index contributed by atoms with van der Waals surface area (Å²) in [6, 6.07) is 24.7.